The van der Waals surface area contributed by atoms with E-state index in [9.17, 15) is 21.6 Å². The molecule has 6 nitrogen and oxygen atoms in total. The molecular formula is C18H17F3N4O2S2. The van der Waals surface area contributed by atoms with Crippen LogP contribution in [0.5, 0.6) is 0 Å². The molecule has 3 rings (SSSR count). The molecule has 154 valence electrons. The third kappa shape index (κ3) is 3.95. The molecule has 0 aliphatic carbocycles. The van der Waals surface area contributed by atoms with Crippen LogP contribution in [0.2, 0.25) is 0 Å². The Labute approximate surface area is 170 Å². The Morgan fingerprint density at radius 1 is 1.34 bits per heavy atom. The molecule has 1 aliphatic rings. The smallest absolute Gasteiger partial charge is 0.344 e. The number of pyridine rings is 1. The zero-order valence-corrected chi connectivity index (χ0v) is 17.3. The Balaban J connectivity index is 2.18. The number of aromatic nitrogens is 1. The number of hydrogen-bond acceptors (Lipinski definition) is 5. The molecule has 0 bridgehead atoms. The molecule has 0 saturated carbocycles. The molecule has 2 aromatic heterocycles. The predicted octanol–water partition coefficient (Wildman–Crippen LogP) is 3.22. The lowest BCUT2D eigenvalue weighted by Crippen LogP contribution is -2.60. The number of sulfonamides is 1. The van der Waals surface area contributed by atoms with E-state index in [0.29, 0.717) is 15.4 Å². The minimum atomic E-state index is -4.70. The summed E-state index contributed by atoms with van der Waals surface area (Å²) < 4.78 is 66.9. The van der Waals surface area contributed by atoms with Gasteiger partial charge in [0.2, 0.25) is 16.0 Å². The molecule has 29 heavy (non-hydrogen) atoms. The summed E-state index contributed by atoms with van der Waals surface area (Å²) in [7, 11) is -2.76. The average molecular weight is 442 g/mol. The number of thiophene rings is 1. The highest BCUT2D eigenvalue weighted by atomic mass is 32.2. The van der Waals surface area contributed by atoms with Crippen LogP contribution in [-0.2, 0) is 21.7 Å². The Morgan fingerprint density at radius 2 is 2.03 bits per heavy atom. The Morgan fingerprint density at radius 3 is 2.62 bits per heavy atom. The molecule has 1 aliphatic heterocycles. The number of alkyl halides is 3. The summed E-state index contributed by atoms with van der Waals surface area (Å²) in [6.45, 7) is 2.99. The van der Waals surface area contributed by atoms with Crippen molar-refractivity contribution in [2.24, 2.45) is 0 Å². The maximum absolute atomic E-state index is 13.8. The normalized spacial score (nSPS) is 21.3. The number of nitrogens with one attached hydrogen (secondary N) is 2. The van der Waals surface area contributed by atoms with E-state index in [1.165, 1.54) is 26.4 Å². The van der Waals surface area contributed by atoms with Crippen LogP contribution in [0.25, 0.3) is 10.4 Å². The molecule has 2 aromatic rings. The highest BCUT2D eigenvalue weighted by Gasteiger charge is 2.48. The molecule has 0 spiro atoms. The van der Waals surface area contributed by atoms with Gasteiger partial charge in [0.15, 0.2) is 0 Å². The van der Waals surface area contributed by atoms with Gasteiger partial charge in [-0.25, -0.2) is 12.7 Å². The molecule has 0 unspecified atom stereocenters. The lowest BCUT2D eigenvalue weighted by molar-refractivity contribution is -0.138. The molecule has 0 aromatic carbocycles. The van der Waals surface area contributed by atoms with Crippen molar-refractivity contribution >= 4 is 27.3 Å². The molecule has 2 N–H and O–H groups in total. The zero-order valence-electron chi connectivity index (χ0n) is 15.7. The highest BCUT2D eigenvalue weighted by molar-refractivity contribution is 7.89. The first-order chi connectivity index (χ1) is 13.4. The van der Waals surface area contributed by atoms with Crippen LogP contribution in [0, 0.1) is 17.3 Å². The first kappa shape index (κ1) is 21.1. The maximum Gasteiger partial charge on any atom is 0.417 e. The van der Waals surface area contributed by atoms with E-state index in [-0.39, 0.29) is 9.75 Å². The first-order valence-electron chi connectivity index (χ1n) is 8.30. The summed E-state index contributed by atoms with van der Waals surface area (Å²) >= 11 is 0.825. The van der Waals surface area contributed by atoms with Crippen molar-refractivity contribution in [1.82, 2.24) is 14.6 Å². The monoisotopic (exact) mass is 442 g/mol. The van der Waals surface area contributed by atoms with E-state index in [4.69, 9.17) is 5.41 Å². The Kier molecular flexibility index (Phi) is 5.13. The van der Waals surface area contributed by atoms with Gasteiger partial charge in [0.1, 0.15) is 0 Å². The van der Waals surface area contributed by atoms with E-state index in [0.717, 1.165) is 17.4 Å². The van der Waals surface area contributed by atoms with Gasteiger partial charge >= 0.3 is 6.18 Å². The minimum Gasteiger partial charge on any atom is -0.344 e. The van der Waals surface area contributed by atoms with Crippen molar-refractivity contribution in [1.29, 1.82) is 5.41 Å². The number of guanidine groups is 1. The summed E-state index contributed by atoms with van der Waals surface area (Å²) in [4.78, 5) is 4.11. The summed E-state index contributed by atoms with van der Waals surface area (Å²) in [5.74, 6) is 4.42. The molecular weight excluding hydrogens is 425 g/mol. The summed E-state index contributed by atoms with van der Waals surface area (Å²) in [5, 5.41) is 10.5. The Hall–Kier alpha value is -2.58. The summed E-state index contributed by atoms with van der Waals surface area (Å²) in [5.41, 5.74) is -1.54. The number of halogens is 3. The van der Waals surface area contributed by atoms with E-state index in [1.807, 2.05) is 0 Å². The van der Waals surface area contributed by atoms with Gasteiger partial charge in [-0.2, -0.15) is 13.2 Å². The van der Waals surface area contributed by atoms with Gasteiger partial charge in [-0.3, -0.25) is 10.4 Å². The highest BCUT2D eigenvalue weighted by Crippen LogP contribution is 2.46. The third-order valence-corrected chi connectivity index (χ3v) is 7.84. The summed E-state index contributed by atoms with van der Waals surface area (Å²) in [6, 6.07) is 2.62. The van der Waals surface area contributed by atoms with Crippen LogP contribution in [0.1, 0.15) is 29.9 Å². The SMILES string of the molecule is CC#Cc1cncc(-c2cc(C(F)(F)F)c([C@]3(C)CS(=O)(=O)N(C)C(=N)N3)s2)c1. The molecule has 3 heterocycles. The number of hydrogen-bond donors (Lipinski definition) is 2. The van der Waals surface area contributed by atoms with E-state index in [2.05, 4.69) is 22.1 Å². The zero-order chi connectivity index (χ0) is 21.6. The maximum atomic E-state index is 13.8. The van der Waals surface area contributed by atoms with Crippen LogP contribution >= 0.6 is 11.3 Å². The fourth-order valence-electron chi connectivity index (χ4n) is 3.04. The number of rotatable bonds is 2. The van der Waals surface area contributed by atoms with Gasteiger partial charge in [0.05, 0.1) is 16.9 Å². The van der Waals surface area contributed by atoms with Crippen molar-refractivity contribution in [3.63, 3.8) is 0 Å². The lowest BCUT2D eigenvalue weighted by Gasteiger charge is -2.40. The summed E-state index contributed by atoms with van der Waals surface area (Å²) in [6.07, 6.45) is -1.76. The molecule has 0 amide bonds. The fraction of sp³-hybridized carbons (Fsp3) is 0.333. The average Bonchev–Trinajstić information content (AvgIpc) is 3.07. The van der Waals surface area contributed by atoms with Crippen molar-refractivity contribution in [3.05, 3.63) is 40.5 Å². The molecule has 1 fully saturated rings. The Bertz CT molecular complexity index is 1150. The largest absolute Gasteiger partial charge is 0.417 e. The van der Waals surface area contributed by atoms with E-state index in [1.54, 1.807) is 13.0 Å². The van der Waals surface area contributed by atoms with Gasteiger partial charge < -0.3 is 5.32 Å². The third-order valence-electron chi connectivity index (χ3n) is 4.43. The van der Waals surface area contributed by atoms with Crippen LogP contribution in [0.15, 0.2) is 24.5 Å². The second kappa shape index (κ2) is 7.03. The molecule has 1 saturated heterocycles. The van der Waals surface area contributed by atoms with Crippen LogP contribution in [0.4, 0.5) is 13.2 Å². The number of nitrogens with zero attached hydrogens (tertiary/aromatic N) is 2. The fourth-order valence-corrected chi connectivity index (χ4v) is 5.85. The van der Waals surface area contributed by atoms with Gasteiger partial charge in [-0.05, 0) is 26.0 Å². The van der Waals surface area contributed by atoms with Crippen molar-refractivity contribution < 1.29 is 21.6 Å². The van der Waals surface area contributed by atoms with Gasteiger partial charge in [0.25, 0.3) is 0 Å². The standard InChI is InChI=1S/C18H17F3N4O2S2/c1-4-5-11-6-12(9-23-8-11)14-7-13(18(19,20)21)15(28-14)17(2)10-29(26,27)25(3)16(22)24-17/h6-9H,10H2,1-3H3,(H2,22,24)/t17-/m0/s1. The predicted molar refractivity (Wildman–Crippen MR) is 105 cm³/mol. The quantitative estimate of drug-likeness (QED) is 0.700. The first-order valence-corrected chi connectivity index (χ1v) is 10.7. The van der Waals surface area contributed by atoms with Crippen LogP contribution in [-0.4, -0.2) is 36.5 Å². The lowest BCUT2D eigenvalue weighted by atomic mass is 9.98. The van der Waals surface area contributed by atoms with Crippen LogP contribution < -0.4 is 5.32 Å². The van der Waals surface area contributed by atoms with E-state index >= 15 is 0 Å². The van der Waals surface area contributed by atoms with E-state index < -0.39 is 39.0 Å². The topological polar surface area (TPSA) is 86.2 Å². The second-order valence-corrected chi connectivity index (χ2v) is 9.77. The minimum absolute atomic E-state index is 0.201. The van der Waals surface area contributed by atoms with Crippen LogP contribution in [0.3, 0.4) is 0 Å². The molecule has 11 heteroatoms. The van der Waals surface area contributed by atoms with Crippen molar-refractivity contribution in [3.8, 4) is 22.3 Å². The molecule has 0 radical (unpaired) electrons. The molecule has 1 atom stereocenters. The van der Waals surface area contributed by atoms with Gasteiger partial charge in [-0.15, -0.1) is 17.3 Å². The second-order valence-electron chi connectivity index (χ2n) is 6.72. The van der Waals surface area contributed by atoms with Crippen molar-refractivity contribution in [2.75, 3.05) is 12.8 Å². The van der Waals surface area contributed by atoms with Gasteiger partial charge in [0, 0.05) is 40.3 Å². The van der Waals surface area contributed by atoms with Gasteiger partial charge in [-0.1, -0.05) is 5.92 Å². The van der Waals surface area contributed by atoms with Crippen molar-refractivity contribution in [2.45, 2.75) is 25.6 Å².